The fraction of sp³-hybridized carbons (Fsp3) is 0.562. The summed E-state index contributed by atoms with van der Waals surface area (Å²) in [6.45, 7) is 12.4. The molecule has 0 saturated heterocycles. The molecule has 0 bridgehead atoms. The number of nitrogens with one attached hydrogen (secondary N) is 1. The summed E-state index contributed by atoms with van der Waals surface area (Å²) in [5.74, 6) is 0. The van der Waals surface area contributed by atoms with Crippen LogP contribution < -0.4 is 5.32 Å². The van der Waals surface area contributed by atoms with Gasteiger partial charge in [0.2, 0.25) is 0 Å². The van der Waals surface area contributed by atoms with Crippen LogP contribution in [-0.2, 0) is 0 Å². The Morgan fingerprint density at radius 2 is 1.74 bits per heavy atom. The summed E-state index contributed by atoms with van der Waals surface area (Å²) in [5, 5.41) is 12.7. The van der Waals surface area contributed by atoms with Crippen molar-refractivity contribution < 1.29 is 0 Å². The highest BCUT2D eigenvalue weighted by atomic mass is 15.1. The summed E-state index contributed by atoms with van der Waals surface area (Å²) < 4.78 is 0. The van der Waals surface area contributed by atoms with Crippen molar-refractivity contribution in [2.75, 3.05) is 26.2 Å². The van der Waals surface area contributed by atoms with Gasteiger partial charge in [0.05, 0.1) is 6.07 Å². The molecule has 0 saturated carbocycles. The summed E-state index contributed by atoms with van der Waals surface area (Å²) in [6, 6.07) is 8.45. The maximum Gasteiger partial charge on any atom is 0.121 e. The van der Waals surface area contributed by atoms with Crippen LogP contribution in [0.1, 0.15) is 36.6 Å². The largest absolute Gasteiger partial charge is 0.303 e. The van der Waals surface area contributed by atoms with Crippen LogP contribution in [0.3, 0.4) is 0 Å². The van der Waals surface area contributed by atoms with E-state index in [-0.39, 0.29) is 6.04 Å². The number of hydrogen-bond donors (Lipinski definition) is 1. The zero-order valence-electron chi connectivity index (χ0n) is 12.5. The standard InChI is InChI=1S/C16H25N3/c1-5-19(6-2)8-7-18-16(12-17)15-10-13(3)9-14(4)11-15/h9-11,16,18H,5-8H2,1-4H3. The molecular formula is C16H25N3. The van der Waals surface area contributed by atoms with Crippen molar-refractivity contribution in [3.05, 3.63) is 34.9 Å². The van der Waals surface area contributed by atoms with E-state index in [0.717, 1.165) is 31.7 Å². The Hall–Kier alpha value is -1.37. The number of benzene rings is 1. The Morgan fingerprint density at radius 3 is 2.21 bits per heavy atom. The first-order valence-electron chi connectivity index (χ1n) is 7.04. The van der Waals surface area contributed by atoms with Gasteiger partial charge in [-0.3, -0.25) is 5.32 Å². The lowest BCUT2D eigenvalue weighted by Gasteiger charge is -2.20. The zero-order chi connectivity index (χ0) is 14.3. The van der Waals surface area contributed by atoms with Crippen LogP contribution in [0.15, 0.2) is 18.2 Å². The maximum absolute atomic E-state index is 9.31. The normalized spacial score (nSPS) is 12.4. The molecule has 0 aromatic heterocycles. The van der Waals surface area contributed by atoms with E-state index >= 15 is 0 Å². The Balaban J connectivity index is 2.61. The Kier molecular flexibility index (Phi) is 6.55. The lowest BCUT2D eigenvalue weighted by molar-refractivity contribution is 0.300. The van der Waals surface area contributed by atoms with Gasteiger partial charge >= 0.3 is 0 Å². The number of nitrogens with zero attached hydrogens (tertiary/aromatic N) is 2. The Bertz CT molecular complexity index is 410. The molecule has 0 spiro atoms. The van der Waals surface area contributed by atoms with E-state index in [4.69, 9.17) is 0 Å². The van der Waals surface area contributed by atoms with E-state index < -0.39 is 0 Å². The highest BCUT2D eigenvalue weighted by Crippen LogP contribution is 2.16. The fourth-order valence-corrected chi connectivity index (χ4v) is 2.32. The van der Waals surface area contributed by atoms with E-state index in [9.17, 15) is 5.26 Å². The summed E-state index contributed by atoms with van der Waals surface area (Å²) >= 11 is 0. The van der Waals surface area contributed by atoms with E-state index in [1.165, 1.54) is 11.1 Å². The van der Waals surface area contributed by atoms with Gasteiger partial charge in [-0.05, 0) is 32.5 Å². The van der Waals surface area contributed by atoms with Crippen LogP contribution in [0.2, 0.25) is 0 Å². The molecule has 0 amide bonds. The quantitative estimate of drug-likeness (QED) is 0.818. The number of rotatable bonds is 7. The molecule has 104 valence electrons. The van der Waals surface area contributed by atoms with Crippen LogP contribution >= 0.6 is 0 Å². The number of aryl methyl sites for hydroxylation is 2. The molecule has 1 rings (SSSR count). The van der Waals surface area contributed by atoms with E-state index in [2.05, 4.69) is 62.2 Å². The van der Waals surface area contributed by atoms with Crippen molar-refractivity contribution in [1.82, 2.24) is 10.2 Å². The van der Waals surface area contributed by atoms with Crippen LogP contribution in [0, 0.1) is 25.2 Å². The van der Waals surface area contributed by atoms with Crippen molar-refractivity contribution in [1.29, 1.82) is 5.26 Å². The topological polar surface area (TPSA) is 39.1 Å². The second-order valence-electron chi connectivity index (χ2n) is 4.96. The lowest BCUT2D eigenvalue weighted by Crippen LogP contribution is -2.33. The maximum atomic E-state index is 9.31. The van der Waals surface area contributed by atoms with Gasteiger partial charge in [0.15, 0.2) is 0 Å². The van der Waals surface area contributed by atoms with Crippen molar-refractivity contribution in [2.45, 2.75) is 33.7 Å². The third kappa shape index (κ3) is 5.02. The van der Waals surface area contributed by atoms with Gasteiger partial charge in [-0.2, -0.15) is 5.26 Å². The molecule has 19 heavy (non-hydrogen) atoms. The molecule has 3 heteroatoms. The molecule has 1 aromatic rings. The number of likely N-dealkylation sites (N-methyl/N-ethyl adjacent to an activating group) is 1. The second-order valence-corrected chi connectivity index (χ2v) is 4.96. The van der Waals surface area contributed by atoms with Gasteiger partial charge in [0, 0.05) is 13.1 Å². The molecule has 0 aliphatic heterocycles. The zero-order valence-corrected chi connectivity index (χ0v) is 12.5. The first-order chi connectivity index (χ1) is 9.10. The van der Waals surface area contributed by atoms with Crippen molar-refractivity contribution in [3.63, 3.8) is 0 Å². The van der Waals surface area contributed by atoms with Gasteiger partial charge in [-0.1, -0.05) is 43.2 Å². The molecule has 1 unspecified atom stereocenters. The first-order valence-corrected chi connectivity index (χ1v) is 7.04. The molecule has 0 aliphatic carbocycles. The highest BCUT2D eigenvalue weighted by Gasteiger charge is 2.10. The van der Waals surface area contributed by atoms with Crippen LogP contribution in [0.4, 0.5) is 0 Å². The smallest absolute Gasteiger partial charge is 0.121 e. The van der Waals surface area contributed by atoms with Crippen molar-refractivity contribution in [3.8, 4) is 6.07 Å². The summed E-state index contributed by atoms with van der Waals surface area (Å²) in [4.78, 5) is 2.35. The Labute approximate surface area is 117 Å². The minimum absolute atomic E-state index is 0.214. The Morgan fingerprint density at radius 1 is 1.16 bits per heavy atom. The van der Waals surface area contributed by atoms with Gasteiger partial charge in [-0.15, -0.1) is 0 Å². The van der Waals surface area contributed by atoms with Gasteiger partial charge < -0.3 is 4.90 Å². The first kappa shape index (κ1) is 15.7. The van der Waals surface area contributed by atoms with Gasteiger partial charge in [0.1, 0.15) is 6.04 Å². The van der Waals surface area contributed by atoms with Gasteiger partial charge in [0.25, 0.3) is 0 Å². The average molecular weight is 259 g/mol. The number of hydrogen-bond acceptors (Lipinski definition) is 3. The van der Waals surface area contributed by atoms with Crippen LogP contribution in [0.25, 0.3) is 0 Å². The van der Waals surface area contributed by atoms with Crippen molar-refractivity contribution >= 4 is 0 Å². The predicted molar refractivity (Wildman–Crippen MR) is 80.1 cm³/mol. The molecule has 0 radical (unpaired) electrons. The minimum atomic E-state index is -0.214. The molecule has 0 fully saturated rings. The predicted octanol–water partition coefficient (Wildman–Crippen LogP) is 2.80. The molecule has 1 atom stereocenters. The molecule has 1 N–H and O–H groups in total. The third-order valence-electron chi connectivity index (χ3n) is 3.38. The van der Waals surface area contributed by atoms with Crippen molar-refractivity contribution in [2.24, 2.45) is 0 Å². The van der Waals surface area contributed by atoms with Crippen LogP contribution in [-0.4, -0.2) is 31.1 Å². The second kappa shape index (κ2) is 7.93. The van der Waals surface area contributed by atoms with E-state index in [0.29, 0.717) is 0 Å². The highest BCUT2D eigenvalue weighted by molar-refractivity contribution is 5.33. The minimum Gasteiger partial charge on any atom is -0.303 e. The van der Waals surface area contributed by atoms with Crippen LogP contribution in [0.5, 0.6) is 0 Å². The number of nitriles is 1. The third-order valence-corrected chi connectivity index (χ3v) is 3.38. The average Bonchev–Trinajstić information content (AvgIpc) is 2.38. The van der Waals surface area contributed by atoms with E-state index in [1.807, 2.05) is 0 Å². The summed E-state index contributed by atoms with van der Waals surface area (Å²) in [6.07, 6.45) is 0. The molecule has 0 heterocycles. The molecular weight excluding hydrogens is 234 g/mol. The van der Waals surface area contributed by atoms with E-state index in [1.54, 1.807) is 0 Å². The lowest BCUT2D eigenvalue weighted by atomic mass is 10.0. The molecule has 0 aliphatic rings. The summed E-state index contributed by atoms with van der Waals surface area (Å²) in [7, 11) is 0. The fourth-order valence-electron chi connectivity index (χ4n) is 2.32. The molecule has 1 aromatic carbocycles. The summed E-state index contributed by atoms with van der Waals surface area (Å²) in [5.41, 5.74) is 3.49. The van der Waals surface area contributed by atoms with Gasteiger partial charge in [-0.25, -0.2) is 0 Å². The monoisotopic (exact) mass is 259 g/mol. The SMILES string of the molecule is CCN(CC)CCNC(C#N)c1cc(C)cc(C)c1. The molecule has 3 nitrogen and oxygen atoms in total.